The Morgan fingerprint density at radius 2 is 1.83 bits per heavy atom. The van der Waals surface area contributed by atoms with Crippen molar-refractivity contribution in [1.82, 2.24) is 15.8 Å². The number of amides is 3. The molecule has 0 spiro atoms. The second kappa shape index (κ2) is 8.32. The fourth-order valence-corrected chi connectivity index (χ4v) is 3.24. The molecule has 29 heavy (non-hydrogen) atoms. The zero-order chi connectivity index (χ0) is 21.2. The number of piperidine rings is 1. The van der Waals surface area contributed by atoms with Crippen molar-refractivity contribution >= 4 is 40.5 Å². The van der Waals surface area contributed by atoms with E-state index in [2.05, 4.69) is 10.9 Å². The first-order valence-electron chi connectivity index (χ1n) is 9.39. The number of ether oxygens (including phenoxy) is 1. The third kappa shape index (κ3) is 5.41. The van der Waals surface area contributed by atoms with Crippen LogP contribution in [0.2, 0.25) is 5.02 Å². The molecule has 3 amide bonds. The molecule has 2 aromatic rings. The Bertz CT molecular complexity index is 926. The van der Waals surface area contributed by atoms with E-state index < -0.39 is 11.5 Å². The summed E-state index contributed by atoms with van der Waals surface area (Å²) in [5, 5.41) is 1.24. The van der Waals surface area contributed by atoms with E-state index in [4.69, 9.17) is 20.8 Å². The predicted octanol–water partition coefficient (Wildman–Crippen LogP) is 3.49. The molecule has 1 fully saturated rings. The third-order valence-electron chi connectivity index (χ3n) is 4.52. The summed E-state index contributed by atoms with van der Waals surface area (Å²) in [6.07, 6.45) is 0.600. The zero-order valence-electron chi connectivity index (χ0n) is 16.6. The van der Waals surface area contributed by atoms with Gasteiger partial charge in [0.25, 0.3) is 0 Å². The van der Waals surface area contributed by atoms with Crippen LogP contribution in [-0.2, 0) is 9.53 Å². The molecule has 1 aromatic carbocycles. The smallest absolute Gasteiger partial charge is 0.410 e. The Kier molecular flexibility index (Phi) is 6.02. The van der Waals surface area contributed by atoms with Gasteiger partial charge < -0.3 is 14.1 Å². The number of nitrogens with one attached hydrogen (secondary N) is 2. The summed E-state index contributed by atoms with van der Waals surface area (Å²) >= 11 is 5.93. The van der Waals surface area contributed by atoms with Gasteiger partial charge in [-0.2, -0.15) is 0 Å². The normalized spacial score (nSPS) is 15.2. The molecule has 0 aliphatic carbocycles. The van der Waals surface area contributed by atoms with Crippen LogP contribution in [0.3, 0.4) is 0 Å². The lowest BCUT2D eigenvalue weighted by atomic mass is 9.96. The highest BCUT2D eigenvalue weighted by molar-refractivity contribution is 6.31. The molecule has 0 saturated carbocycles. The van der Waals surface area contributed by atoms with Gasteiger partial charge in [0.1, 0.15) is 11.2 Å². The summed E-state index contributed by atoms with van der Waals surface area (Å²) < 4.78 is 10.8. The van der Waals surface area contributed by atoms with Gasteiger partial charge in [0.2, 0.25) is 5.91 Å². The molecule has 2 heterocycles. The highest BCUT2D eigenvalue weighted by Gasteiger charge is 2.30. The number of hydrogen-bond donors (Lipinski definition) is 2. The number of carbonyl (C=O) groups is 3. The van der Waals surface area contributed by atoms with Crippen molar-refractivity contribution in [1.29, 1.82) is 0 Å². The standard InChI is InChI=1S/C20H24ClN3O5/c1-20(2,3)29-19(27)24-8-6-12(7-9-24)17(25)22-23-18(26)16-11-13-10-14(21)4-5-15(13)28-16/h4-5,10-12H,6-9H2,1-3H3,(H,22,25)(H,23,26). The fraction of sp³-hybridized carbons (Fsp3) is 0.450. The number of benzene rings is 1. The molecular formula is C20H24ClN3O5. The lowest BCUT2D eigenvalue weighted by Gasteiger charge is -2.32. The van der Waals surface area contributed by atoms with Gasteiger partial charge >= 0.3 is 12.0 Å². The van der Waals surface area contributed by atoms with E-state index >= 15 is 0 Å². The van der Waals surface area contributed by atoms with Crippen molar-refractivity contribution in [3.63, 3.8) is 0 Å². The van der Waals surface area contributed by atoms with Gasteiger partial charge in [-0.3, -0.25) is 20.4 Å². The minimum absolute atomic E-state index is 0.0716. The number of likely N-dealkylation sites (tertiary alicyclic amines) is 1. The molecule has 2 N–H and O–H groups in total. The Labute approximate surface area is 173 Å². The van der Waals surface area contributed by atoms with E-state index in [9.17, 15) is 14.4 Å². The van der Waals surface area contributed by atoms with Crippen LogP contribution in [0.15, 0.2) is 28.7 Å². The minimum Gasteiger partial charge on any atom is -0.451 e. The van der Waals surface area contributed by atoms with Crippen LogP contribution < -0.4 is 10.9 Å². The van der Waals surface area contributed by atoms with Crippen LogP contribution >= 0.6 is 11.6 Å². The van der Waals surface area contributed by atoms with Gasteiger partial charge in [-0.15, -0.1) is 0 Å². The third-order valence-corrected chi connectivity index (χ3v) is 4.75. The van der Waals surface area contributed by atoms with Crippen LogP contribution in [0.25, 0.3) is 11.0 Å². The van der Waals surface area contributed by atoms with Crippen molar-refractivity contribution in [2.75, 3.05) is 13.1 Å². The Balaban J connectivity index is 1.48. The molecule has 0 radical (unpaired) electrons. The second-order valence-corrected chi connectivity index (χ2v) is 8.41. The highest BCUT2D eigenvalue weighted by Crippen LogP contribution is 2.23. The van der Waals surface area contributed by atoms with Gasteiger partial charge in [-0.25, -0.2) is 4.79 Å². The zero-order valence-corrected chi connectivity index (χ0v) is 17.3. The highest BCUT2D eigenvalue weighted by atomic mass is 35.5. The van der Waals surface area contributed by atoms with Crippen LogP contribution in [0.4, 0.5) is 4.79 Å². The molecule has 0 unspecified atom stereocenters. The maximum absolute atomic E-state index is 12.3. The first-order chi connectivity index (χ1) is 13.6. The lowest BCUT2D eigenvalue weighted by molar-refractivity contribution is -0.127. The fourth-order valence-electron chi connectivity index (χ4n) is 3.06. The molecule has 156 valence electrons. The maximum atomic E-state index is 12.3. The topological polar surface area (TPSA) is 101 Å². The minimum atomic E-state index is -0.558. The van der Waals surface area contributed by atoms with Gasteiger partial charge in [0.05, 0.1) is 0 Å². The van der Waals surface area contributed by atoms with Crippen molar-refractivity contribution in [2.45, 2.75) is 39.2 Å². The number of halogens is 1. The molecule has 3 rings (SSSR count). The van der Waals surface area contributed by atoms with E-state index in [1.54, 1.807) is 29.2 Å². The average molecular weight is 422 g/mol. The van der Waals surface area contributed by atoms with Crippen LogP contribution in [0, 0.1) is 5.92 Å². The van der Waals surface area contributed by atoms with Crippen molar-refractivity contribution < 1.29 is 23.5 Å². The largest absolute Gasteiger partial charge is 0.451 e. The van der Waals surface area contributed by atoms with Gasteiger partial charge in [0, 0.05) is 29.4 Å². The lowest BCUT2D eigenvalue weighted by Crippen LogP contribution is -2.48. The van der Waals surface area contributed by atoms with Gasteiger partial charge in [-0.1, -0.05) is 11.6 Å². The quantitative estimate of drug-likeness (QED) is 0.723. The van der Waals surface area contributed by atoms with Crippen molar-refractivity contribution in [3.8, 4) is 0 Å². The first kappa shape index (κ1) is 21.0. The van der Waals surface area contributed by atoms with Gasteiger partial charge in [0.15, 0.2) is 5.76 Å². The number of furan rings is 1. The molecule has 0 atom stereocenters. The van der Waals surface area contributed by atoms with E-state index in [0.29, 0.717) is 41.9 Å². The van der Waals surface area contributed by atoms with E-state index in [0.717, 1.165) is 0 Å². The van der Waals surface area contributed by atoms with Crippen LogP contribution in [0.1, 0.15) is 44.2 Å². The second-order valence-electron chi connectivity index (χ2n) is 7.98. The summed E-state index contributed by atoms with van der Waals surface area (Å²) in [6, 6.07) is 6.59. The Morgan fingerprint density at radius 3 is 2.48 bits per heavy atom. The van der Waals surface area contributed by atoms with Crippen LogP contribution in [0.5, 0.6) is 0 Å². The Morgan fingerprint density at radius 1 is 1.14 bits per heavy atom. The molecule has 1 aromatic heterocycles. The van der Waals surface area contributed by atoms with Crippen LogP contribution in [-0.4, -0.2) is 41.5 Å². The molecular weight excluding hydrogens is 398 g/mol. The number of carbonyl (C=O) groups excluding carboxylic acids is 3. The molecule has 0 bridgehead atoms. The summed E-state index contributed by atoms with van der Waals surface area (Å²) in [5.41, 5.74) is 4.77. The monoisotopic (exact) mass is 421 g/mol. The maximum Gasteiger partial charge on any atom is 0.410 e. The molecule has 1 aliphatic rings. The Hall–Kier alpha value is -2.74. The van der Waals surface area contributed by atoms with E-state index in [1.807, 2.05) is 20.8 Å². The summed E-state index contributed by atoms with van der Waals surface area (Å²) in [4.78, 5) is 38.3. The number of fused-ring (bicyclic) bond motifs is 1. The van der Waals surface area contributed by atoms with Crippen molar-refractivity contribution in [2.24, 2.45) is 5.92 Å². The summed E-state index contributed by atoms with van der Waals surface area (Å²) in [6.45, 7) is 6.27. The average Bonchev–Trinajstić information content (AvgIpc) is 3.07. The first-order valence-corrected chi connectivity index (χ1v) is 9.77. The molecule has 9 heteroatoms. The number of nitrogens with zero attached hydrogens (tertiary/aromatic N) is 1. The van der Waals surface area contributed by atoms with E-state index in [1.165, 1.54) is 0 Å². The molecule has 8 nitrogen and oxygen atoms in total. The number of rotatable bonds is 2. The summed E-state index contributed by atoms with van der Waals surface area (Å²) in [7, 11) is 0. The van der Waals surface area contributed by atoms with E-state index in [-0.39, 0.29) is 23.7 Å². The molecule has 1 saturated heterocycles. The SMILES string of the molecule is CC(C)(C)OC(=O)N1CCC(C(=O)NNC(=O)c2cc3cc(Cl)ccc3o2)CC1. The number of hydrazine groups is 1. The summed E-state index contributed by atoms with van der Waals surface area (Å²) in [5.74, 6) is -1.09. The predicted molar refractivity (Wildman–Crippen MR) is 107 cm³/mol. The van der Waals surface area contributed by atoms with Gasteiger partial charge in [-0.05, 0) is 57.9 Å². The van der Waals surface area contributed by atoms with Crippen molar-refractivity contribution in [3.05, 3.63) is 35.0 Å². The molecule has 1 aliphatic heterocycles. The number of hydrogen-bond acceptors (Lipinski definition) is 5.